The van der Waals surface area contributed by atoms with E-state index in [1.807, 2.05) is 0 Å². The highest BCUT2D eigenvalue weighted by atomic mass is 16.5. The monoisotopic (exact) mass is 549 g/mol. The van der Waals surface area contributed by atoms with Gasteiger partial charge in [-0.15, -0.1) is 0 Å². The van der Waals surface area contributed by atoms with Crippen molar-refractivity contribution >= 4 is 0 Å². The lowest BCUT2D eigenvalue weighted by Gasteiger charge is -2.30. The molecular weight excluding hydrogens is 502 g/mol. The predicted molar refractivity (Wildman–Crippen MR) is 171 cm³/mol. The Morgan fingerprint density at radius 3 is 2.12 bits per heavy atom. The highest BCUT2D eigenvalue weighted by Gasteiger charge is 2.24. The molecule has 4 heteroatoms. The first-order valence-electron chi connectivity index (χ1n) is 15.9. The number of unbranched alkanes of at least 4 members (excludes halogenated alkanes) is 1. The van der Waals surface area contributed by atoms with E-state index in [4.69, 9.17) is 9.72 Å². The van der Waals surface area contributed by atoms with Gasteiger partial charge in [0.1, 0.15) is 11.6 Å². The summed E-state index contributed by atoms with van der Waals surface area (Å²) in [5, 5.41) is 0. The molecule has 216 valence electrons. The average molecular weight is 550 g/mol. The van der Waals surface area contributed by atoms with Crippen molar-refractivity contribution in [2.24, 2.45) is 5.92 Å². The minimum absolute atomic E-state index is 0.761. The second-order valence-corrected chi connectivity index (χ2v) is 11.6. The third kappa shape index (κ3) is 7.89. The Bertz CT molecular complexity index is 1310. The molecule has 0 radical (unpaired) electrons. The molecular formula is C37H47N3O. The molecule has 1 aliphatic rings. The van der Waals surface area contributed by atoms with Gasteiger partial charge in [-0.2, -0.15) is 0 Å². The second-order valence-electron chi connectivity index (χ2n) is 11.6. The van der Waals surface area contributed by atoms with Gasteiger partial charge < -0.3 is 9.30 Å². The molecule has 1 heterocycles. The van der Waals surface area contributed by atoms with Crippen LogP contribution in [0.3, 0.4) is 0 Å². The fourth-order valence-corrected chi connectivity index (χ4v) is 6.14. The Morgan fingerprint density at radius 2 is 1.46 bits per heavy atom. The van der Waals surface area contributed by atoms with Crippen LogP contribution in [0.15, 0.2) is 84.9 Å². The van der Waals surface area contributed by atoms with Crippen LogP contribution in [0.2, 0.25) is 0 Å². The lowest BCUT2D eigenvalue weighted by molar-refractivity contribution is 0.183. The number of imidazole rings is 1. The van der Waals surface area contributed by atoms with Gasteiger partial charge >= 0.3 is 0 Å². The molecule has 0 saturated heterocycles. The third-order valence-corrected chi connectivity index (χ3v) is 8.30. The fraction of sp³-hybridized carbons (Fsp3) is 0.432. The normalized spacial score (nSPS) is 14.0. The largest absolute Gasteiger partial charge is 0.494 e. The Morgan fingerprint density at radius 1 is 0.780 bits per heavy atom. The van der Waals surface area contributed by atoms with E-state index in [2.05, 4.69) is 108 Å². The minimum atomic E-state index is 0.761. The van der Waals surface area contributed by atoms with Crippen LogP contribution in [0.1, 0.15) is 76.5 Å². The van der Waals surface area contributed by atoms with Crippen molar-refractivity contribution in [2.45, 2.75) is 84.8 Å². The van der Waals surface area contributed by atoms with Gasteiger partial charge in [0.2, 0.25) is 0 Å². The molecule has 0 N–H and O–H groups in total. The van der Waals surface area contributed by atoms with Gasteiger partial charge in [-0.25, -0.2) is 4.98 Å². The van der Waals surface area contributed by atoms with E-state index in [9.17, 15) is 0 Å². The number of rotatable bonds is 14. The molecule has 0 bridgehead atoms. The summed E-state index contributed by atoms with van der Waals surface area (Å²) in [6.45, 7) is 9.12. The summed E-state index contributed by atoms with van der Waals surface area (Å²) in [4.78, 5) is 8.06. The van der Waals surface area contributed by atoms with Crippen LogP contribution in [0.25, 0.3) is 22.6 Å². The number of nitrogens with zero attached hydrogens (tertiary/aromatic N) is 3. The lowest BCUT2D eigenvalue weighted by Crippen LogP contribution is -2.31. The number of ether oxygens (including phenoxy) is 1. The fourth-order valence-electron chi connectivity index (χ4n) is 6.14. The SMILES string of the molecule is CCCCn1c(-c2ccccc2)nc(-c2ccccc2)c1CN(Cc1ccc(OCCC)cc1)CC1CCCCC1. The third-order valence-electron chi connectivity index (χ3n) is 8.30. The topological polar surface area (TPSA) is 30.3 Å². The molecule has 0 unspecified atom stereocenters. The van der Waals surface area contributed by atoms with Crippen LogP contribution < -0.4 is 4.74 Å². The van der Waals surface area contributed by atoms with Crippen LogP contribution in [-0.4, -0.2) is 27.6 Å². The summed E-state index contributed by atoms with van der Waals surface area (Å²) in [6, 6.07) is 30.3. The molecule has 0 amide bonds. The molecule has 1 fully saturated rings. The zero-order valence-corrected chi connectivity index (χ0v) is 25.1. The Balaban J connectivity index is 1.52. The van der Waals surface area contributed by atoms with E-state index in [0.717, 1.165) is 75.2 Å². The molecule has 41 heavy (non-hydrogen) atoms. The van der Waals surface area contributed by atoms with E-state index in [1.165, 1.54) is 54.5 Å². The maximum absolute atomic E-state index is 5.87. The van der Waals surface area contributed by atoms with E-state index in [-0.39, 0.29) is 0 Å². The first kappa shape index (κ1) is 29.1. The molecule has 4 nitrogen and oxygen atoms in total. The molecule has 0 spiro atoms. The van der Waals surface area contributed by atoms with Crippen molar-refractivity contribution in [3.63, 3.8) is 0 Å². The number of hydrogen-bond acceptors (Lipinski definition) is 3. The summed E-state index contributed by atoms with van der Waals surface area (Å²) in [6.07, 6.45) is 10.1. The van der Waals surface area contributed by atoms with Crippen molar-refractivity contribution in [1.29, 1.82) is 0 Å². The quantitative estimate of drug-likeness (QED) is 0.157. The van der Waals surface area contributed by atoms with Crippen molar-refractivity contribution in [2.75, 3.05) is 13.2 Å². The van der Waals surface area contributed by atoms with E-state index >= 15 is 0 Å². The minimum Gasteiger partial charge on any atom is -0.494 e. The second kappa shape index (κ2) is 15.0. The lowest BCUT2D eigenvalue weighted by atomic mass is 9.89. The van der Waals surface area contributed by atoms with Gasteiger partial charge in [0.15, 0.2) is 0 Å². The molecule has 5 rings (SSSR count). The zero-order chi connectivity index (χ0) is 28.3. The number of hydrogen-bond donors (Lipinski definition) is 0. The van der Waals surface area contributed by atoms with Gasteiger partial charge in [-0.3, -0.25) is 4.90 Å². The van der Waals surface area contributed by atoms with Gasteiger partial charge in [0.25, 0.3) is 0 Å². The molecule has 1 aromatic heterocycles. The first-order valence-corrected chi connectivity index (χ1v) is 15.9. The maximum atomic E-state index is 5.87. The van der Waals surface area contributed by atoms with Gasteiger partial charge in [0.05, 0.1) is 18.0 Å². The van der Waals surface area contributed by atoms with Crippen LogP contribution in [0.5, 0.6) is 5.75 Å². The molecule has 0 atom stereocenters. The summed E-state index contributed by atoms with van der Waals surface area (Å²) in [5.74, 6) is 2.81. The number of benzene rings is 3. The highest BCUT2D eigenvalue weighted by molar-refractivity contribution is 5.68. The van der Waals surface area contributed by atoms with Gasteiger partial charge in [0, 0.05) is 37.3 Å². The summed E-state index contributed by atoms with van der Waals surface area (Å²) >= 11 is 0. The van der Waals surface area contributed by atoms with Crippen molar-refractivity contribution in [1.82, 2.24) is 14.5 Å². The molecule has 3 aromatic carbocycles. The van der Waals surface area contributed by atoms with Crippen molar-refractivity contribution in [3.8, 4) is 28.4 Å². The first-order chi connectivity index (χ1) is 20.2. The van der Waals surface area contributed by atoms with Crippen molar-refractivity contribution in [3.05, 3.63) is 96.2 Å². The molecule has 1 saturated carbocycles. The maximum Gasteiger partial charge on any atom is 0.140 e. The highest BCUT2D eigenvalue weighted by Crippen LogP contribution is 2.33. The average Bonchev–Trinajstić information content (AvgIpc) is 3.38. The van der Waals surface area contributed by atoms with E-state index in [0.29, 0.717) is 0 Å². The Labute approximate surface area is 247 Å². The standard InChI is InChI=1S/C37H47N3O/c1-3-5-25-40-35(36(32-17-11-7-12-18-32)38-37(40)33-19-13-8-14-20-33)29-39(27-30-15-9-6-10-16-30)28-31-21-23-34(24-22-31)41-26-4-2/h7-8,11-14,17-24,30H,3-6,9-10,15-16,25-29H2,1-2H3. The molecule has 0 aliphatic heterocycles. The smallest absolute Gasteiger partial charge is 0.140 e. The van der Waals surface area contributed by atoms with Crippen LogP contribution in [0, 0.1) is 5.92 Å². The summed E-state index contributed by atoms with van der Waals surface area (Å²) < 4.78 is 8.39. The Hall–Kier alpha value is -3.37. The van der Waals surface area contributed by atoms with Gasteiger partial charge in [-0.1, -0.05) is 112 Å². The van der Waals surface area contributed by atoms with E-state index in [1.54, 1.807) is 0 Å². The van der Waals surface area contributed by atoms with E-state index < -0.39 is 0 Å². The van der Waals surface area contributed by atoms with Crippen LogP contribution in [0.4, 0.5) is 0 Å². The summed E-state index contributed by atoms with van der Waals surface area (Å²) in [5.41, 5.74) is 6.19. The Kier molecular flexibility index (Phi) is 10.7. The van der Waals surface area contributed by atoms with Crippen molar-refractivity contribution < 1.29 is 4.74 Å². The molecule has 4 aromatic rings. The molecule has 1 aliphatic carbocycles. The number of aromatic nitrogens is 2. The predicted octanol–water partition coefficient (Wildman–Crippen LogP) is 9.39. The van der Waals surface area contributed by atoms with Crippen LogP contribution in [-0.2, 0) is 19.6 Å². The van der Waals surface area contributed by atoms with Crippen LogP contribution >= 0.6 is 0 Å². The van der Waals surface area contributed by atoms with Gasteiger partial charge in [-0.05, 0) is 49.3 Å². The zero-order valence-electron chi connectivity index (χ0n) is 25.1. The summed E-state index contributed by atoms with van der Waals surface area (Å²) in [7, 11) is 0.